The molecule has 7 aromatic rings. The molecule has 0 bridgehead atoms. The number of fused-ring (bicyclic) bond motifs is 8. The van der Waals surface area contributed by atoms with Crippen molar-refractivity contribution < 1.29 is 0 Å². The monoisotopic (exact) mass is 774 g/mol. The summed E-state index contributed by atoms with van der Waals surface area (Å²) < 4.78 is 0. The van der Waals surface area contributed by atoms with Crippen LogP contribution >= 0.6 is 0 Å². The molecular formula is C58H50N2. The van der Waals surface area contributed by atoms with E-state index in [9.17, 15) is 5.26 Å². The number of benzene rings is 7. The van der Waals surface area contributed by atoms with Gasteiger partial charge in [0.15, 0.2) is 0 Å². The first-order valence-electron chi connectivity index (χ1n) is 22.1. The number of allylic oxidation sites excluding steroid dienone is 1. The van der Waals surface area contributed by atoms with E-state index in [1.165, 1.54) is 83.6 Å². The van der Waals surface area contributed by atoms with Crippen molar-refractivity contribution in [2.75, 3.05) is 4.90 Å². The van der Waals surface area contributed by atoms with Crippen molar-refractivity contribution in [3.63, 3.8) is 0 Å². The maximum Gasteiger partial charge on any atom is 0.0991 e. The van der Waals surface area contributed by atoms with Crippen LogP contribution in [-0.2, 0) is 23.7 Å². The van der Waals surface area contributed by atoms with E-state index in [1.54, 1.807) is 0 Å². The number of hydrogen-bond donors (Lipinski definition) is 0. The molecule has 4 aliphatic carbocycles. The van der Waals surface area contributed by atoms with Crippen LogP contribution < -0.4 is 4.90 Å². The lowest BCUT2D eigenvalue weighted by Gasteiger charge is -2.54. The molecule has 1 spiro atoms. The molecule has 0 heterocycles. The van der Waals surface area contributed by atoms with Gasteiger partial charge in [-0.25, -0.2) is 0 Å². The molecule has 2 unspecified atom stereocenters. The largest absolute Gasteiger partial charge is 0.310 e. The van der Waals surface area contributed by atoms with E-state index in [4.69, 9.17) is 0 Å². The van der Waals surface area contributed by atoms with E-state index < -0.39 is 0 Å². The number of rotatable bonds is 7. The van der Waals surface area contributed by atoms with E-state index in [1.807, 2.05) is 6.07 Å². The summed E-state index contributed by atoms with van der Waals surface area (Å²) in [5, 5.41) is 9.90. The first-order valence-corrected chi connectivity index (χ1v) is 22.1. The number of nitriles is 1. The number of nitrogens with zero attached hydrogens (tertiary/aromatic N) is 2. The highest BCUT2D eigenvalue weighted by Gasteiger charge is 2.52. The third-order valence-electron chi connectivity index (χ3n) is 15.1. The molecule has 0 radical (unpaired) electrons. The minimum Gasteiger partial charge on any atom is -0.310 e. The fourth-order valence-corrected chi connectivity index (χ4v) is 12.0. The second kappa shape index (κ2) is 14.1. The highest BCUT2D eigenvalue weighted by Crippen LogP contribution is 2.63. The van der Waals surface area contributed by atoms with Crippen LogP contribution in [0.1, 0.15) is 102 Å². The highest BCUT2D eigenvalue weighted by atomic mass is 15.1. The SMILES string of the molecule is CCC1(CC)c2cc3c(cc2-c2c(C)cccc21)-c1cc(-c2ccc(N(c4ccccc4)c4cccc5c4C=CCC5)cc2)ccc1C1(CCC1c1cccc(C#N)c1)C3. The predicted molar refractivity (Wildman–Crippen MR) is 249 cm³/mol. The molecular weight excluding hydrogens is 725 g/mol. The van der Waals surface area contributed by atoms with Crippen molar-refractivity contribution in [3.8, 4) is 39.4 Å². The van der Waals surface area contributed by atoms with Gasteiger partial charge in [-0.15, -0.1) is 0 Å². The number of aryl methyl sites for hydroxylation is 2. The molecule has 11 rings (SSSR count). The maximum atomic E-state index is 9.90. The van der Waals surface area contributed by atoms with Crippen LogP contribution in [0.5, 0.6) is 0 Å². The Hall–Kier alpha value is -6.43. The van der Waals surface area contributed by atoms with Crippen molar-refractivity contribution in [1.82, 2.24) is 0 Å². The Morgan fingerprint density at radius 2 is 1.45 bits per heavy atom. The van der Waals surface area contributed by atoms with Crippen LogP contribution in [0.25, 0.3) is 39.5 Å². The molecule has 2 atom stereocenters. The van der Waals surface area contributed by atoms with Gasteiger partial charge in [-0.2, -0.15) is 5.26 Å². The predicted octanol–water partition coefficient (Wildman–Crippen LogP) is 15.1. The Labute approximate surface area is 355 Å². The molecule has 4 aliphatic rings. The fourth-order valence-electron chi connectivity index (χ4n) is 12.0. The van der Waals surface area contributed by atoms with Crippen molar-refractivity contribution in [3.05, 3.63) is 202 Å². The van der Waals surface area contributed by atoms with Gasteiger partial charge in [0.25, 0.3) is 0 Å². The summed E-state index contributed by atoms with van der Waals surface area (Å²) in [6.07, 6.45) is 12.2. The first kappa shape index (κ1) is 36.6. The quantitative estimate of drug-likeness (QED) is 0.161. The van der Waals surface area contributed by atoms with Crippen molar-refractivity contribution in [2.45, 2.75) is 82.5 Å². The first-order chi connectivity index (χ1) is 29.5. The van der Waals surface area contributed by atoms with E-state index in [2.05, 4.69) is 183 Å². The Morgan fingerprint density at radius 3 is 2.23 bits per heavy atom. The number of anilines is 3. The molecule has 0 aliphatic heterocycles. The van der Waals surface area contributed by atoms with Crippen LogP contribution in [0.3, 0.4) is 0 Å². The second-order valence-electron chi connectivity index (χ2n) is 17.8. The van der Waals surface area contributed by atoms with Gasteiger partial charge in [0.2, 0.25) is 0 Å². The normalized spacial score (nSPS) is 18.7. The third-order valence-corrected chi connectivity index (χ3v) is 15.1. The van der Waals surface area contributed by atoms with Gasteiger partial charge >= 0.3 is 0 Å². The Morgan fingerprint density at radius 1 is 0.667 bits per heavy atom. The third kappa shape index (κ3) is 5.38. The molecule has 0 aromatic heterocycles. The lowest BCUT2D eigenvalue weighted by molar-refractivity contribution is 0.187. The molecule has 0 N–H and O–H groups in total. The highest BCUT2D eigenvalue weighted by molar-refractivity contribution is 5.91. The van der Waals surface area contributed by atoms with Crippen LogP contribution in [0.4, 0.5) is 17.1 Å². The topological polar surface area (TPSA) is 27.0 Å². The molecule has 0 amide bonds. The number of para-hydroxylation sites is 1. The Bertz CT molecular complexity index is 2900. The average Bonchev–Trinajstić information content (AvgIpc) is 3.58. The van der Waals surface area contributed by atoms with Crippen LogP contribution in [0, 0.1) is 18.3 Å². The summed E-state index contributed by atoms with van der Waals surface area (Å²) >= 11 is 0. The van der Waals surface area contributed by atoms with Gasteiger partial charge in [-0.05, 0) is 185 Å². The molecule has 2 heteroatoms. The zero-order valence-corrected chi connectivity index (χ0v) is 34.9. The summed E-state index contributed by atoms with van der Waals surface area (Å²) in [7, 11) is 0. The zero-order chi connectivity index (χ0) is 40.6. The minimum atomic E-state index is -0.0189. The van der Waals surface area contributed by atoms with Crippen LogP contribution in [0.15, 0.2) is 152 Å². The van der Waals surface area contributed by atoms with E-state index in [-0.39, 0.29) is 10.8 Å². The molecule has 7 aromatic carbocycles. The zero-order valence-electron chi connectivity index (χ0n) is 34.9. The van der Waals surface area contributed by atoms with Gasteiger partial charge in [-0.1, -0.05) is 117 Å². The van der Waals surface area contributed by atoms with Gasteiger partial charge < -0.3 is 4.90 Å². The van der Waals surface area contributed by atoms with Crippen molar-refractivity contribution in [2.24, 2.45) is 0 Å². The van der Waals surface area contributed by atoms with Gasteiger partial charge in [0.1, 0.15) is 0 Å². The van der Waals surface area contributed by atoms with Crippen molar-refractivity contribution in [1.29, 1.82) is 5.26 Å². The lowest BCUT2D eigenvalue weighted by Crippen LogP contribution is -2.46. The van der Waals surface area contributed by atoms with Crippen LogP contribution in [-0.4, -0.2) is 0 Å². The molecule has 292 valence electrons. The second-order valence-corrected chi connectivity index (χ2v) is 17.8. The summed E-state index contributed by atoms with van der Waals surface area (Å²) in [5.41, 5.74) is 23.7. The lowest BCUT2D eigenvalue weighted by atomic mass is 9.49. The number of hydrogen-bond acceptors (Lipinski definition) is 2. The molecule has 2 nitrogen and oxygen atoms in total. The summed E-state index contributed by atoms with van der Waals surface area (Å²) in [4.78, 5) is 2.41. The maximum absolute atomic E-state index is 9.90. The fraction of sp³-hybridized carbons (Fsp3) is 0.224. The smallest absolute Gasteiger partial charge is 0.0991 e. The Balaban J connectivity index is 1.06. The van der Waals surface area contributed by atoms with Gasteiger partial charge in [-0.3, -0.25) is 0 Å². The van der Waals surface area contributed by atoms with Crippen LogP contribution in [0.2, 0.25) is 0 Å². The summed E-state index contributed by atoms with van der Waals surface area (Å²) in [5.74, 6) is 0.361. The van der Waals surface area contributed by atoms with Gasteiger partial charge in [0, 0.05) is 27.8 Å². The standard InChI is InChI=1S/C58H50N2/c1-4-57(5-2)53-22-11-14-38(3)56(53)50-35-48-44(34-54(50)57)36-58(31-30-51(58)43-18-12-15-39(32-43)37-59)52-29-26-42(33-49(48)52)40-24-27-46(28-25-40)60(45-19-7-6-8-20-45)55-23-13-17-41-16-9-10-21-47(41)55/h6-8,10-15,17-29,32-35,51H,4-5,9,16,30-31,36H2,1-3H3. The van der Waals surface area contributed by atoms with Crippen molar-refractivity contribution >= 4 is 23.1 Å². The molecule has 60 heavy (non-hydrogen) atoms. The van der Waals surface area contributed by atoms with E-state index in [0.29, 0.717) is 5.92 Å². The average molecular weight is 775 g/mol. The van der Waals surface area contributed by atoms with E-state index >= 15 is 0 Å². The Kier molecular flexibility index (Phi) is 8.61. The minimum absolute atomic E-state index is 0.0189. The van der Waals surface area contributed by atoms with E-state index in [0.717, 1.165) is 61.9 Å². The van der Waals surface area contributed by atoms with Gasteiger partial charge in [0.05, 0.1) is 17.3 Å². The summed E-state index contributed by atoms with van der Waals surface area (Å²) in [6, 6.07) is 57.2. The molecule has 1 fully saturated rings. The molecule has 0 saturated heterocycles. The molecule has 1 saturated carbocycles. The summed E-state index contributed by atoms with van der Waals surface area (Å²) in [6.45, 7) is 7.06.